The molecule has 100 valence electrons. The molecule has 3 nitrogen and oxygen atoms in total. The number of carbonyl (C=O) groups is 1. The van der Waals surface area contributed by atoms with Crippen molar-refractivity contribution in [2.24, 2.45) is 0 Å². The highest BCUT2D eigenvalue weighted by Gasteiger charge is 2.14. The van der Waals surface area contributed by atoms with E-state index in [1.165, 1.54) is 12.1 Å². The van der Waals surface area contributed by atoms with Crippen LogP contribution in [0.5, 0.6) is 0 Å². The topological polar surface area (TPSA) is 29.5 Å². The molecule has 0 bridgehead atoms. The third-order valence-corrected chi connectivity index (χ3v) is 2.84. The molecule has 0 aliphatic heterocycles. The van der Waals surface area contributed by atoms with Crippen molar-refractivity contribution in [1.82, 2.24) is 4.90 Å². The third-order valence-electron chi connectivity index (χ3n) is 2.84. The summed E-state index contributed by atoms with van der Waals surface area (Å²) in [6, 6.07) is 6.55. The summed E-state index contributed by atoms with van der Waals surface area (Å²) >= 11 is 0. The van der Waals surface area contributed by atoms with Gasteiger partial charge in [-0.2, -0.15) is 0 Å². The molecule has 0 heterocycles. The average Bonchev–Trinajstić information content (AvgIpc) is 2.29. The van der Waals surface area contributed by atoms with Crippen LogP contribution >= 0.6 is 0 Å². The van der Waals surface area contributed by atoms with Gasteiger partial charge in [0, 0.05) is 12.6 Å². The van der Waals surface area contributed by atoms with Gasteiger partial charge in [0.25, 0.3) is 0 Å². The summed E-state index contributed by atoms with van der Waals surface area (Å²) in [5, 5.41) is 0. The van der Waals surface area contributed by atoms with E-state index in [0.29, 0.717) is 19.6 Å². The molecule has 0 radical (unpaired) electrons. The van der Waals surface area contributed by atoms with Crippen molar-refractivity contribution >= 4 is 5.97 Å². The summed E-state index contributed by atoms with van der Waals surface area (Å²) in [5.41, 5.74) is 0.896. The molecule has 0 fully saturated rings. The van der Waals surface area contributed by atoms with E-state index in [-0.39, 0.29) is 17.8 Å². The predicted octanol–water partition coefficient (Wildman–Crippen LogP) is 2.60. The Balaban J connectivity index is 2.49. The van der Waals surface area contributed by atoms with Crippen molar-refractivity contribution in [3.8, 4) is 0 Å². The van der Waals surface area contributed by atoms with Gasteiger partial charge in [0.2, 0.25) is 0 Å². The Hall–Kier alpha value is -1.42. The number of hydrogen-bond acceptors (Lipinski definition) is 3. The lowest BCUT2D eigenvalue weighted by molar-refractivity contribution is -0.144. The fraction of sp³-hybridized carbons (Fsp3) is 0.500. The summed E-state index contributed by atoms with van der Waals surface area (Å²) in [5.74, 6) is -0.435. The monoisotopic (exact) mass is 253 g/mol. The van der Waals surface area contributed by atoms with Gasteiger partial charge < -0.3 is 4.74 Å². The van der Waals surface area contributed by atoms with Gasteiger partial charge in [0.15, 0.2) is 0 Å². The van der Waals surface area contributed by atoms with Crippen molar-refractivity contribution in [2.45, 2.75) is 32.9 Å². The number of benzene rings is 1. The Kier molecular flexibility index (Phi) is 5.78. The van der Waals surface area contributed by atoms with Crippen molar-refractivity contribution in [1.29, 1.82) is 0 Å². The first kappa shape index (κ1) is 14.6. The standard InChI is InChI=1S/C14H20FNO2/c1-4-18-14(17)8-11(2)16(3)10-12-6-5-7-13(15)9-12/h5-7,9,11H,4,8,10H2,1-3H3. The average molecular weight is 253 g/mol. The first-order chi connectivity index (χ1) is 8.52. The predicted molar refractivity (Wildman–Crippen MR) is 68.6 cm³/mol. The lowest BCUT2D eigenvalue weighted by Crippen LogP contribution is -2.31. The summed E-state index contributed by atoms with van der Waals surface area (Å²) in [4.78, 5) is 13.4. The molecule has 1 aromatic rings. The second-order valence-electron chi connectivity index (χ2n) is 4.40. The van der Waals surface area contributed by atoms with Crippen LogP contribution in [0.3, 0.4) is 0 Å². The van der Waals surface area contributed by atoms with Crippen molar-refractivity contribution in [2.75, 3.05) is 13.7 Å². The molecule has 0 aliphatic rings. The maximum Gasteiger partial charge on any atom is 0.307 e. The van der Waals surface area contributed by atoms with Gasteiger partial charge in [0.05, 0.1) is 13.0 Å². The number of rotatable bonds is 6. The number of carbonyl (C=O) groups excluding carboxylic acids is 1. The van der Waals surface area contributed by atoms with E-state index in [1.807, 2.05) is 24.9 Å². The number of hydrogen-bond donors (Lipinski definition) is 0. The van der Waals surface area contributed by atoms with Crippen LogP contribution in [0.2, 0.25) is 0 Å². The number of nitrogens with zero attached hydrogens (tertiary/aromatic N) is 1. The first-order valence-corrected chi connectivity index (χ1v) is 6.13. The fourth-order valence-electron chi connectivity index (χ4n) is 1.70. The Labute approximate surface area is 108 Å². The van der Waals surface area contributed by atoms with Gasteiger partial charge in [-0.05, 0) is 38.6 Å². The van der Waals surface area contributed by atoms with Crippen LogP contribution in [0, 0.1) is 5.82 Å². The molecule has 0 spiro atoms. The van der Waals surface area contributed by atoms with E-state index in [2.05, 4.69) is 0 Å². The SMILES string of the molecule is CCOC(=O)CC(C)N(C)Cc1cccc(F)c1. The molecule has 0 saturated carbocycles. The van der Waals surface area contributed by atoms with E-state index < -0.39 is 0 Å². The van der Waals surface area contributed by atoms with E-state index in [9.17, 15) is 9.18 Å². The van der Waals surface area contributed by atoms with E-state index in [0.717, 1.165) is 5.56 Å². The Morgan fingerprint density at radius 2 is 2.22 bits per heavy atom. The van der Waals surface area contributed by atoms with Crippen molar-refractivity contribution < 1.29 is 13.9 Å². The summed E-state index contributed by atoms with van der Waals surface area (Å²) in [7, 11) is 1.91. The molecule has 1 unspecified atom stereocenters. The molecular formula is C14H20FNO2. The molecule has 0 N–H and O–H groups in total. The summed E-state index contributed by atoms with van der Waals surface area (Å²) in [6.07, 6.45) is 0.347. The van der Waals surface area contributed by atoms with Crippen LogP contribution in [-0.2, 0) is 16.1 Å². The minimum atomic E-state index is -0.237. The first-order valence-electron chi connectivity index (χ1n) is 6.13. The second-order valence-corrected chi connectivity index (χ2v) is 4.40. The van der Waals surface area contributed by atoms with Gasteiger partial charge in [-0.1, -0.05) is 12.1 Å². The third kappa shape index (κ3) is 4.84. The minimum absolute atomic E-state index is 0.0623. The summed E-state index contributed by atoms with van der Waals surface area (Å²) in [6.45, 7) is 4.76. The van der Waals surface area contributed by atoms with E-state index in [4.69, 9.17) is 4.74 Å². The smallest absolute Gasteiger partial charge is 0.307 e. The minimum Gasteiger partial charge on any atom is -0.466 e. The zero-order valence-electron chi connectivity index (χ0n) is 11.1. The van der Waals surface area contributed by atoms with Gasteiger partial charge in [-0.15, -0.1) is 0 Å². The number of ether oxygens (including phenoxy) is 1. The Bertz CT molecular complexity index is 395. The fourth-order valence-corrected chi connectivity index (χ4v) is 1.70. The lowest BCUT2D eigenvalue weighted by atomic mass is 10.1. The molecule has 1 atom stereocenters. The molecule has 4 heteroatoms. The zero-order valence-corrected chi connectivity index (χ0v) is 11.1. The molecule has 1 rings (SSSR count). The van der Waals surface area contributed by atoms with Crippen molar-refractivity contribution in [3.63, 3.8) is 0 Å². The van der Waals surface area contributed by atoms with Crippen molar-refractivity contribution in [3.05, 3.63) is 35.6 Å². The highest BCUT2D eigenvalue weighted by atomic mass is 19.1. The molecule has 1 aromatic carbocycles. The lowest BCUT2D eigenvalue weighted by Gasteiger charge is -2.24. The maximum absolute atomic E-state index is 13.0. The second kappa shape index (κ2) is 7.11. The van der Waals surface area contributed by atoms with Crippen LogP contribution in [0.4, 0.5) is 4.39 Å². The van der Waals surface area contributed by atoms with E-state index >= 15 is 0 Å². The van der Waals surface area contributed by atoms with Gasteiger partial charge >= 0.3 is 5.97 Å². The highest BCUT2D eigenvalue weighted by molar-refractivity contribution is 5.70. The van der Waals surface area contributed by atoms with Crippen LogP contribution < -0.4 is 0 Å². The highest BCUT2D eigenvalue weighted by Crippen LogP contribution is 2.10. The number of halogens is 1. The largest absolute Gasteiger partial charge is 0.466 e. The molecule has 0 aliphatic carbocycles. The maximum atomic E-state index is 13.0. The van der Waals surface area contributed by atoms with Gasteiger partial charge in [0.1, 0.15) is 5.82 Å². The summed E-state index contributed by atoms with van der Waals surface area (Å²) < 4.78 is 17.9. The van der Waals surface area contributed by atoms with Crippen LogP contribution in [0.1, 0.15) is 25.8 Å². The molecule has 18 heavy (non-hydrogen) atoms. The molecule has 0 saturated heterocycles. The van der Waals surface area contributed by atoms with Crippen LogP contribution in [0.15, 0.2) is 24.3 Å². The van der Waals surface area contributed by atoms with Gasteiger partial charge in [-0.25, -0.2) is 4.39 Å². The number of esters is 1. The normalized spacial score (nSPS) is 12.5. The molecule has 0 aromatic heterocycles. The molecular weight excluding hydrogens is 233 g/mol. The zero-order chi connectivity index (χ0) is 13.5. The Morgan fingerprint density at radius 3 is 2.83 bits per heavy atom. The van der Waals surface area contributed by atoms with Crippen LogP contribution in [0.25, 0.3) is 0 Å². The quantitative estimate of drug-likeness (QED) is 0.730. The van der Waals surface area contributed by atoms with Crippen LogP contribution in [-0.4, -0.2) is 30.6 Å². The van der Waals surface area contributed by atoms with Gasteiger partial charge in [-0.3, -0.25) is 9.69 Å². The molecule has 0 amide bonds. The van der Waals surface area contributed by atoms with E-state index in [1.54, 1.807) is 13.0 Å². The Morgan fingerprint density at radius 1 is 1.50 bits per heavy atom.